The van der Waals surface area contributed by atoms with Crippen molar-refractivity contribution in [3.63, 3.8) is 0 Å². The van der Waals surface area contributed by atoms with Gasteiger partial charge >= 0.3 is 0 Å². The SMILES string of the molecule is C#CC1CC(C(C)(C)C)C1. The second-order valence-electron chi connectivity index (χ2n) is 4.40. The van der Waals surface area contributed by atoms with Crippen molar-refractivity contribution in [1.29, 1.82) is 0 Å². The number of hydrogen-bond donors (Lipinski definition) is 0. The minimum atomic E-state index is 0.480. The summed E-state index contributed by atoms with van der Waals surface area (Å²) in [6, 6.07) is 0. The molecule has 0 aromatic rings. The summed E-state index contributed by atoms with van der Waals surface area (Å²) in [6.45, 7) is 6.89. The molecule has 0 amide bonds. The molecule has 0 heteroatoms. The topological polar surface area (TPSA) is 0 Å². The van der Waals surface area contributed by atoms with Gasteiger partial charge in [0.15, 0.2) is 0 Å². The first-order chi connectivity index (χ1) is 4.54. The monoisotopic (exact) mass is 136 g/mol. The van der Waals surface area contributed by atoms with Crippen molar-refractivity contribution in [1.82, 2.24) is 0 Å². The summed E-state index contributed by atoms with van der Waals surface area (Å²) in [5.41, 5.74) is 0.480. The largest absolute Gasteiger partial charge is 0.120 e. The van der Waals surface area contributed by atoms with Gasteiger partial charge in [0.25, 0.3) is 0 Å². The maximum Gasteiger partial charge on any atom is 0.0205 e. The maximum atomic E-state index is 5.29. The Labute approximate surface area is 64.0 Å². The summed E-state index contributed by atoms with van der Waals surface area (Å²) in [6.07, 6.45) is 7.79. The summed E-state index contributed by atoms with van der Waals surface area (Å²) in [7, 11) is 0. The lowest BCUT2D eigenvalue weighted by Gasteiger charge is -2.41. The van der Waals surface area contributed by atoms with Crippen LogP contribution in [-0.4, -0.2) is 0 Å². The smallest absolute Gasteiger partial charge is 0.0205 e. The summed E-state index contributed by atoms with van der Waals surface area (Å²) in [5.74, 6) is 4.26. The molecule has 0 radical (unpaired) electrons. The van der Waals surface area contributed by atoms with Crippen LogP contribution in [0.1, 0.15) is 33.6 Å². The summed E-state index contributed by atoms with van der Waals surface area (Å²) in [4.78, 5) is 0. The van der Waals surface area contributed by atoms with Crippen LogP contribution >= 0.6 is 0 Å². The molecule has 0 aromatic carbocycles. The lowest BCUT2D eigenvalue weighted by molar-refractivity contribution is 0.106. The average Bonchev–Trinajstić information content (AvgIpc) is 1.57. The van der Waals surface area contributed by atoms with Crippen LogP contribution in [0.5, 0.6) is 0 Å². The Kier molecular flexibility index (Phi) is 1.77. The number of rotatable bonds is 0. The van der Waals surface area contributed by atoms with Gasteiger partial charge in [-0.25, -0.2) is 0 Å². The zero-order valence-electron chi connectivity index (χ0n) is 7.15. The lowest BCUT2D eigenvalue weighted by Crippen LogP contribution is -2.33. The molecule has 1 fully saturated rings. The van der Waals surface area contributed by atoms with E-state index in [1.165, 1.54) is 12.8 Å². The maximum absolute atomic E-state index is 5.29. The van der Waals surface area contributed by atoms with E-state index in [1.807, 2.05) is 0 Å². The first kappa shape index (κ1) is 7.66. The van der Waals surface area contributed by atoms with Gasteiger partial charge in [-0.05, 0) is 24.2 Å². The summed E-state index contributed by atoms with van der Waals surface area (Å²) < 4.78 is 0. The van der Waals surface area contributed by atoms with Crippen molar-refractivity contribution >= 4 is 0 Å². The second kappa shape index (κ2) is 2.31. The molecule has 0 nitrogen and oxygen atoms in total. The van der Waals surface area contributed by atoms with Crippen molar-refractivity contribution in [2.75, 3.05) is 0 Å². The van der Waals surface area contributed by atoms with Gasteiger partial charge in [-0.1, -0.05) is 20.8 Å². The molecule has 0 bridgehead atoms. The van der Waals surface area contributed by atoms with Gasteiger partial charge in [0.2, 0.25) is 0 Å². The van der Waals surface area contributed by atoms with Crippen LogP contribution < -0.4 is 0 Å². The highest BCUT2D eigenvalue weighted by molar-refractivity contribution is 5.02. The van der Waals surface area contributed by atoms with Crippen molar-refractivity contribution in [2.45, 2.75) is 33.6 Å². The molecule has 0 spiro atoms. The van der Waals surface area contributed by atoms with E-state index in [1.54, 1.807) is 0 Å². The lowest BCUT2D eigenvalue weighted by atomic mass is 9.63. The Morgan fingerprint density at radius 3 is 2.10 bits per heavy atom. The van der Waals surface area contributed by atoms with Crippen LogP contribution in [0.2, 0.25) is 0 Å². The Bertz CT molecular complexity index is 148. The van der Waals surface area contributed by atoms with E-state index in [2.05, 4.69) is 26.7 Å². The van der Waals surface area contributed by atoms with E-state index >= 15 is 0 Å². The minimum Gasteiger partial charge on any atom is -0.120 e. The predicted molar refractivity (Wildman–Crippen MR) is 44.5 cm³/mol. The van der Waals surface area contributed by atoms with Gasteiger partial charge < -0.3 is 0 Å². The third kappa shape index (κ3) is 1.34. The van der Waals surface area contributed by atoms with Crippen LogP contribution in [0.4, 0.5) is 0 Å². The van der Waals surface area contributed by atoms with Gasteiger partial charge in [0.1, 0.15) is 0 Å². The summed E-state index contributed by atoms with van der Waals surface area (Å²) in [5, 5.41) is 0. The molecule has 1 saturated carbocycles. The molecule has 0 aliphatic heterocycles. The molecule has 1 aliphatic carbocycles. The van der Waals surface area contributed by atoms with Crippen LogP contribution in [0.25, 0.3) is 0 Å². The number of terminal acetylenes is 1. The first-order valence-corrected chi connectivity index (χ1v) is 4.00. The molecular formula is C10H16. The van der Waals surface area contributed by atoms with E-state index in [0.717, 1.165) is 5.92 Å². The van der Waals surface area contributed by atoms with E-state index < -0.39 is 0 Å². The molecule has 0 aromatic heterocycles. The van der Waals surface area contributed by atoms with Gasteiger partial charge in [0.05, 0.1) is 0 Å². The van der Waals surface area contributed by atoms with Crippen LogP contribution in [0.15, 0.2) is 0 Å². The summed E-state index contributed by atoms with van der Waals surface area (Å²) >= 11 is 0. The molecule has 0 N–H and O–H groups in total. The predicted octanol–water partition coefficient (Wildman–Crippen LogP) is 2.69. The molecule has 0 heterocycles. The average molecular weight is 136 g/mol. The highest BCUT2D eigenvalue weighted by Crippen LogP contribution is 2.44. The van der Waals surface area contributed by atoms with Crippen molar-refractivity contribution in [2.24, 2.45) is 17.3 Å². The zero-order chi connectivity index (χ0) is 7.78. The Morgan fingerprint density at radius 2 is 1.80 bits per heavy atom. The zero-order valence-corrected chi connectivity index (χ0v) is 7.15. The Morgan fingerprint density at radius 1 is 1.30 bits per heavy atom. The third-order valence-electron chi connectivity index (χ3n) is 2.60. The van der Waals surface area contributed by atoms with Gasteiger partial charge in [-0.2, -0.15) is 0 Å². The normalized spacial score (nSPS) is 32.6. The quantitative estimate of drug-likeness (QED) is 0.449. The minimum absolute atomic E-state index is 0.480. The highest BCUT2D eigenvalue weighted by atomic mass is 14.4. The third-order valence-corrected chi connectivity index (χ3v) is 2.60. The Balaban J connectivity index is 2.35. The number of hydrogen-bond acceptors (Lipinski definition) is 0. The van der Waals surface area contributed by atoms with Crippen LogP contribution in [0.3, 0.4) is 0 Å². The second-order valence-corrected chi connectivity index (χ2v) is 4.40. The van der Waals surface area contributed by atoms with Gasteiger partial charge in [-0.3, -0.25) is 0 Å². The molecule has 1 rings (SSSR count). The van der Waals surface area contributed by atoms with E-state index in [9.17, 15) is 0 Å². The standard InChI is InChI=1S/C10H16/c1-5-8-6-9(7-8)10(2,3)4/h1,8-9H,6-7H2,2-4H3. The molecule has 56 valence electrons. The van der Waals surface area contributed by atoms with Crippen LogP contribution in [-0.2, 0) is 0 Å². The fourth-order valence-corrected chi connectivity index (χ4v) is 1.46. The van der Waals surface area contributed by atoms with E-state index in [-0.39, 0.29) is 0 Å². The first-order valence-electron chi connectivity index (χ1n) is 4.00. The Hall–Kier alpha value is -0.440. The van der Waals surface area contributed by atoms with Gasteiger partial charge in [-0.15, -0.1) is 12.3 Å². The fourth-order valence-electron chi connectivity index (χ4n) is 1.46. The molecular weight excluding hydrogens is 120 g/mol. The van der Waals surface area contributed by atoms with E-state index in [0.29, 0.717) is 11.3 Å². The molecule has 0 unspecified atom stereocenters. The van der Waals surface area contributed by atoms with Crippen LogP contribution in [0, 0.1) is 29.6 Å². The van der Waals surface area contributed by atoms with Crippen molar-refractivity contribution in [3.8, 4) is 12.3 Å². The van der Waals surface area contributed by atoms with E-state index in [4.69, 9.17) is 6.42 Å². The molecule has 10 heavy (non-hydrogen) atoms. The fraction of sp³-hybridized carbons (Fsp3) is 0.800. The van der Waals surface area contributed by atoms with Crippen molar-refractivity contribution in [3.05, 3.63) is 0 Å². The molecule has 0 saturated heterocycles. The highest BCUT2D eigenvalue weighted by Gasteiger charge is 2.35. The van der Waals surface area contributed by atoms with Gasteiger partial charge in [0, 0.05) is 5.92 Å². The molecule has 1 aliphatic rings. The molecule has 0 atom stereocenters. The van der Waals surface area contributed by atoms with Crippen molar-refractivity contribution < 1.29 is 0 Å².